The minimum absolute atomic E-state index is 0.281. The molecule has 1 aliphatic heterocycles. The van der Waals surface area contributed by atoms with E-state index in [0.29, 0.717) is 13.2 Å². The van der Waals surface area contributed by atoms with Crippen LogP contribution < -0.4 is 0 Å². The first-order valence-corrected chi connectivity index (χ1v) is 4.73. The quantitative estimate of drug-likeness (QED) is 0.660. The maximum absolute atomic E-state index is 9.48. The third-order valence-corrected chi connectivity index (χ3v) is 2.15. The van der Waals surface area contributed by atoms with E-state index in [2.05, 4.69) is 11.8 Å². The van der Waals surface area contributed by atoms with Crippen LogP contribution in [0.5, 0.6) is 0 Å². The molecule has 0 aliphatic carbocycles. The normalized spacial score (nSPS) is 27.5. The average molecular weight is 189 g/mol. The standard InChI is InChI=1S/C9H19NO3/c1-8-5-10(3-4-13-8)6-9(11)7-12-2/h8-9,11H,3-7H2,1-2H3/t8-,9-/m0/s1. The van der Waals surface area contributed by atoms with E-state index in [9.17, 15) is 5.11 Å². The summed E-state index contributed by atoms with van der Waals surface area (Å²) in [6.07, 6.45) is -0.0983. The van der Waals surface area contributed by atoms with Crippen molar-refractivity contribution in [1.29, 1.82) is 0 Å². The van der Waals surface area contributed by atoms with E-state index in [-0.39, 0.29) is 12.2 Å². The third-order valence-electron chi connectivity index (χ3n) is 2.15. The van der Waals surface area contributed by atoms with Crippen molar-refractivity contribution in [2.45, 2.75) is 19.1 Å². The van der Waals surface area contributed by atoms with Gasteiger partial charge in [0.1, 0.15) is 0 Å². The van der Waals surface area contributed by atoms with Crippen molar-refractivity contribution in [3.05, 3.63) is 0 Å². The summed E-state index contributed by atoms with van der Waals surface area (Å²) >= 11 is 0. The molecule has 1 saturated heterocycles. The lowest BCUT2D eigenvalue weighted by atomic mass is 10.2. The minimum Gasteiger partial charge on any atom is -0.389 e. The maximum atomic E-state index is 9.48. The van der Waals surface area contributed by atoms with Crippen LogP contribution in [0, 0.1) is 0 Å². The topological polar surface area (TPSA) is 41.9 Å². The van der Waals surface area contributed by atoms with Crippen molar-refractivity contribution in [3.8, 4) is 0 Å². The van der Waals surface area contributed by atoms with Crippen molar-refractivity contribution in [3.63, 3.8) is 0 Å². The second kappa shape index (κ2) is 5.54. The molecule has 1 rings (SSSR count). The van der Waals surface area contributed by atoms with E-state index in [1.807, 2.05) is 0 Å². The lowest BCUT2D eigenvalue weighted by molar-refractivity contribution is -0.0403. The molecule has 2 atom stereocenters. The maximum Gasteiger partial charge on any atom is 0.0900 e. The van der Waals surface area contributed by atoms with Gasteiger partial charge >= 0.3 is 0 Å². The lowest BCUT2D eigenvalue weighted by Gasteiger charge is -2.32. The number of morpholine rings is 1. The zero-order valence-electron chi connectivity index (χ0n) is 8.40. The van der Waals surface area contributed by atoms with Crippen molar-refractivity contribution in [2.24, 2.45) is 0 Å². The Labute approximate surface area is 79.4 Å². The highest BCUT2D eigenvalue weighted by molar-refractivity contribution is 4.70. The summed E-state index contributed by atoms with van der Waals surface area (Å²) in [5.74, 6) is 0. The summed E-state index contributed by atoms with van der Waals surface area (Å²) in [6.45, 7) is 5.72. The van der Waals surface area contributed by atoms with Crippen molar-refractivity contribution < 1.29 is 14.6 Å². The van der Waals surface area contributed by atoms with Crippen molar-refractivity contribution in [1.82, 2.24) is 4.90 Å². The molecule has 0 unspecified atom stereocenters. The van der Waals surface area contributed by atoms with Gasteiger partial charge in [-0.25, -0.2) is 0 Å². The first-order chi connectivity index (χ1) is 6.22. The molecular formula is C9H19NO3. The summed E-state index contributed by atoms with van der Waals surface area (Å²) < 4.78 is 10.3. The Bertz CT molecular complexity index is 143. The summed E-state index contributed by atoms with van der Waals surface area (Å²) in [6, 6.07) is 0. The van der Waals surface area contributed by atoms with Crippen LogP contribution in [0.25, 0.3) is 0 Å². The zero-order chi connectivity index (χ0) is 9.68. The number of ether oxygens (including phenoxy) is 2. The van der Waals surface area contributed by atoms with Crippen LogP contribution in [0.1, 0.15) is 6.92 Å². The summed E-state index contributed by atoms with van der Waals surface area (Å²) in [4.78, 5) is 2.21. The molecule has 0 spiro atoms. The Morgan fingerprint density at radius 3 is 3.08 bits per heavy atom. The number of aliphatic hydroxyl groups excluding tert-OH is 1. The zero-order valence-corrected chi connectivity index (χ0v) is 8.40. The van der Waals surface area contributed by atoms with Crippen LogP contribution in [0.4, 0.5) is 0 Å². The fourth-order valence-electron chi connectivity index (χ4n) is 1.60. The molecule has 0 amide bonds. The molecular weight excluding hydrogens is 170 g/mol. The molecule has 78 valence electrons. The molecule has 4 heteroatoms. The molecule has 1 aliphatic rings. The van der Waals surface area contributed by atoms with Crippen LogP contribution in [0.15, 0.2) is 0 Å². The Kier molecular flexibility index (Phi) is 4.66. The Balaban J connectivity index is 2.19. The average Bonchev–Trinajstić information content (AvgIpc) is 2.04. The van der Waals surface area contributed by atoms with Gasteiger partial charge in [0.25, 0.3) is 0 Å². The van der Waals surface area contributed by atoms with Gasteiger partial charge in [0.2, 0.25) is 0 Å². The predicted octanol–water partition coefficient (Wildman–Crippen LogP) is -0.286. The van der Waals surface area contributed by atoms with Gasteiger partial charge < -0.3 is 14.6 Å². The van der Waals surface area contributed by atoms with Gasteiger partial charge in [-0.1, -0.05) is 0 Å². The highest BCUT2D eigenvalue weighted by Crippen LogP contribution is 2.04. The van der Waals surface area contributed by atoms with Gasteiger partial charge in [-0.05, 0) is 6.92 Å². The van der Waals surface area contributed by atoms with E-state index in [1.165, 1.54) is 0 Å². The Hall–Kier alpha value is -0.160. The van der Waals surface area contributed by atoms with Crippen LogP contribution >= 0.6 is 0 Å². The number of methoxy groups -OCH3 is 1. The molecule has 0 saturated carbocycles. The second-order valence-corrected chi connectivity index (χ2v) is 3.55. The number of nitrogens with zero attached hydrogens (tertiary/aromatic N) is 1. The SMILES string of the molecule is COC[C@@H](O)CN1CCO[C@@H](C)C1. The molecule has 1 heterocycles. The largest absolute Gasteiger partial charge is 0.389 e. The molecule has 0 radical (unpaired) electrons. The van der Waals surface area contributed by atoms with E-state index in [4.69, 9.17) is 9.47 Å². The van der Waals surface area contributed by atoms with Crippen molar-refractivity contribution in [2.75, 3.05) is 40.0 Å². The molecule has 0 aromatic heterocycles. The summed E-state index contributed by atoms with van der Waals surface area (Å²) in [7, 11) is 1.60. The first kappa shape index (κ1) is 10.9. The Morgan fingerprint density at radius 2 is 2.46 bits per heavy atom. The number of hydrogen-bond donors (Lipinski definition) is 1. The summed E-state index contributed by atoms with van der Waals surface area (Å²) in [5, 5.41) is 9.48. The van der Waals surface area contributed by atoms with E-state index >= 15 is 0 Å². The molecule has 4 nitrogen and oxygen atoms in total. The summed E-state index contributed by atoms with van der Waals surface area (Å²) in [5.41, 5.74) is 0. The monoisotopic (exact) mass is 189 g/mol. The van der Waals surface area contributed by atoms with E-state index in [1.54, 1.807) is 7.11 Å². The minimum atomic E-state index is -0.379. The number of β-amino-alcohol motifs (C(OH)–C–C–N with tert-alkyl or cyclic N) is 1. The van der Waals surface area contributed by atoms with Gasteiger partial charge in [0, 0.05) is 26.7 Å². The third kappa shape index (κ3) is 4.04. The number of aliphatic hydroxyl groups is 1. The highest BCUT2D eigenvalue weighted by Gasteiger charge is 2.18. The molecule has 1 fully saturated rings. The molecule has 0 aromatic rings. The van der Waals surface area contributed by atoms with E-state index < -0.39 is 0 Å². The van der Waals surface area contributed by atoms with Gasteiger partial charge in [-0.3, -0.25) is 4.90 Å². The van der Waals surface area contributed by atoms with Gasteiger partial charge in [0.15, 0.2) is 0 Å². The number of rotatable bonds is 4. The molecule has 0 bridgehead atoms. The fraction of sp³-hybridized carbons (Fsp3) is 1.00. The van der Waals surface area contributed by atoms with Crippen LogP contribution in [-0.2, 0) is 9.47 Å². The van der Waals surface area contributed by atoms with Gasteiger partial charge in [0.05, 0.1) is 25.4 Å². The molecule has 0 aromatic carbocycles. The van der Waals surface area contributed by atoms with Crippen LogP contribution in [0.2, 0.25) is 0 Å². The van der Waals surface area contributed by atoms with Gasteiger partial charge in [-0.15, -0.1) is 0 Å². The Morgan fingerprint density at radius 1 is 1.69 bits per heavy atom. The first-order valence-electron chi connectivity index (χ1n) is 4.73. The molecule has 1 N–H and O–H groups in total. The van der Waals surface area contributed by atoms with E-state index in [0.717, 1.165) is 19.7 Å². The highest BCUT2D eigenvalue weighted by atomic mass is 16.5. The fourth-order valence-corrected chi connectivity index (χ4v) is 1.60. The number of hydrogen-bond acceptors (Lipinski definition) is 4. The molecule has 13 heavy (non-hydrogen) atoms. The van der Waals surface area contributed by atoms with Crippen molar-refractivity contribution >= 4 is 0 Å². The lowest BCUT2D eigenvalue weighted by Crippen LogP contribution is -2.45. The van der Waals surface area contributed by atoms with Crippen LogP contribution in [0.3, 0.4) is 0 Å². The second-order valence-electron chi connectivity index (χ2n) is 3.55. The smallest absolute Gasteiger partial charge is 0.0900 e. The predicted molar refractivity (Wildman–Crippen MR) is 49.7 cm³/mol. The van der Waals surface area contributed by atoms with Crippen LogP contribution in [-0.4, -0.2) is 62.2 Å². The van der Waals surface area contributed by atoms with Gasteiger partial charge in [-0.2, -0.15) is 0 Å².